The molecule has 1 saturated heterocycles. The Kier molecular flexibility index (Phi) is 2.41. The van der Waals surface area contributed by atoms with Gasteiger partial charge in [-0.2, -0.15) is 5.10 Å². The first-order valence-corrected chi connectivity index (χ1v) is 5.83. The molecule has 2 N–H and O–H groups in total. The van der Waals surface area contributed by atoms with Gasteiger partial charge in [-0.25, -0.2) is 4.79 Å². The van der Waals surface area contributed by atoms with Crippen LogP contribution in [0, 0.1) is 0 Å². The number of ether oxygens (including phenoxy) is 1. The number of fused-ring (bicyclic) bond motifs is 1. The predicted octanol–water partition coefficient (Wildman–Crippen LogP) is 0.234. The van der Waals surface area contributed by atoms with E-state index in [0.717, 1.165) is 31.6 Å². The van der Waals surface area contributed by atoms with Gasteiger partial charge in [0.2, 0.25) is 0 Å². The smallest absolute Gasteiger partial charge is 0.356 e. The highest BCUT2D eigenvalue weighted by atomic mass is 16.5. The molecule has 2 aliphatic rings. The van der Waals surface area contributed by atoms with E-state index in [-0.39, 0.29) is 11.3 Å². The van der Waals surface area contributed by atoms with Crippen LogP contribution >= 0.6 is 0 Å². The Labute approximate surface area is 98.6 Å². The van der Waals surface area contributed by atoms with Gasteiger partial charge >= 0.3 is 5.97 Å². The number of rotatable bonds is 1. The Morgan fingerprint density at radius 2 is 2.29 bits per heavy atom. The molecule has 2 aliphatic heterocycles. The van der Waals surface area contributed by atoms with Crippen LogP contribution in [0.5, 0.6) is 0 Å². The molecular weight excluding hydrogens is 222 g/mol. The second-order valence-corrected chi connectivity index (χ2v) is 4.71. The lowest BCUT2D eigenvalue weighted by molar-refractivity contribution is -0.109. The van der Waals surface area contributed by atoms with Crippen molar-refractivity contribution in [3.05, 3.63) is 17.5 Å². The van der Waals surface area contributed by atoms with Crippen molar-refractivity contribution >= 4 is 5.97 Å². The Morgan fingerprint density at radius 3 is 3.00 bits per heavy atom. The molecule has 0 radical (unpaired) electrons. The lowest BCUT2D eigenvalue weighted by Crippen LogP contribution is -2.49. The summed E-state index contributed by atoms with van der Waals surface area (Å²) in [5.41, 5.74) is 0.807. The summed E-state index contributed by atoms with van der Waals surface area (Å²) in [6, 6.07) is 1.59. The van der Waals surface area contributed by atoms with Gasteiger partial charge in [0.1, 0.15) is 0 Å². The number of nitrogens with one attached hydrogen (secondary N) is 1. The van der Waals surface area contributed by atoms with Gasteiger partial charge in [0, 0.05) is 0 Å². The molecule has 6 nitrogen and oxygen atoms in total. The number of carbonyl (C=O) groups is 1. The normalized spacial score (nSPS) is 22.4. The van der Waals surface area contributed by atoms with Crippen molar-refractivity contribution in [3.63, 3.8) is 0 Å². The Morgan fingerprint density at radius 1 is 1.53 bits per heavy atom. The maximum absolute atomic E-state index is 10.9. The molecule has 0 atom stereocenters. The summed E-state index contributed by atoms with van der Waals surface area (Å²) < 4.78 is 7.72. The number of hydrogen-bond donors (Lipinski definition) is 2. The van der Waals surface area contributed by atoms with Crippen molar-refractivity contribution in [1.29, 1.82) is 0 Å². The topological polar surface area (TPSA) is 76.4 Å². The zero-order chi connectivity index (χ0) is 11.9. The highest BCUT2D eigenvalue weighted by Crippen LogP contribution is 2.30. The minimum Gasteiger partial charge on any atom is -0.476 e. The van der Waals surface area contributed by atoms with Gasteiger partial charge in [-0.15, -0.1) is 0 Å². The minimum atomic E-state index is -0.980. The van der Waals surface area contributed by atoms with E-state index in [1.807, 2.05) is 0 Å². The van der Waals surface area contributed by atoms with Crippen molar-refractivity contribution in [3.8, 4) is 0 Å². The van der Waals surface area contributed by atoms with Crippen LogP contribution in [-0.2, 0) is 17.9 Å². The largest absolute Gasteiger partial charge is 0.476 e. The first kappa shape index (κ1) is 10.7. The van der Waals surface area contributed by atoms with Crippen molar-refractivity contribution in [2.24, 2.45) is 0 Å². The van der Waals surface area contributed by atoms with Crippen LogP contribution in [0.2, 0.25) is 0 Å². The van der Waals surface area contributed by atoms with E-state index in [1.165, 1.54) is 0 Å². The molecule has 3 rings (SSSR count). The average Bonchev–Trinajstić information content (AvgIpc) is 2.73. The number of hydrogen-bond acceptors (Lipinski definition) is 4. The van der Waals surface area contributed by atoms with Crippen LogP contribution in [0.1, 0.15) is 29.0 Å². The molecule has 0 saturated carbocycles. The average molecular weight is 237 g/mol. The Hall–Kier alpha value is -1.40. The summed E-state index contributed by atoms with van der Waals surface area (Å²) in [4.78, 5) is 10.9. The number of piperidine rings is 1. The van der Waals surface area contributed by atoms with Crippen LogP contribution in [0.3, 0.4) is 0 Å². The minimum absolute atomic E-state index is 0.106. The van der Waals surface area contributed by atoms with E-state index in [1.54, 1.807) is 10.7 Å². The number of carboxylic acids is 1. The first-order valence-electron chi connectivity index (χ1n) is 5.83. The van der Waals surface area contributed by atoms with Gasteiger partial charge in [-0.3, -0.25) is 4.68 Å². The summed E-state index contributed by atoms with van der Waals surface area (Å²) in [6.07, 6.45) is 1.91. The first-order chi connectivity index (χ1) is 8.19. The Balaban J connectivity index is 1.86. The molecule has 0 aromatic carbocycles. The summed E-state index contributed by atoms with van der Waals surface area (Å²) in [5.74, 6) is -0.980. The van der Waals surface area contributed by atoms with Crippen molar-refractivity contribution in [2.45, 2.75) is 31.6 Å². The zero-order valence-corrected chi connectivity index (χ0v) is 9.48. The fourth-order valence-corrected chi connectivity index (χ4v) is 2.54. The molecule has 17 heavy (non-hydrogen) atoms. The van der Waals surface area contributed by atoms with E-state index in [9.17, 15) is 4.79 Å². The number of aromatic nitrogens is 2. The molecule has 0 amide bonds. The molecule has 6 heteroatoms. The van der Waals surface area contributed by atoms with Gasteiger partial charge in [0.25, 0.3) is 0 Å². The molecule has 0 aliphatic carbocycles. The van der Waals surface area contributed by atoms with E-state index in [0.29, 0.717) is 13.2 Å². The summed E-state index contributed by atoms with van der Waals surface area (Å²) in [7, 11) is 0. The number of aromatic carboxylic acids is 1. The van der Waals surface area contributed by atoms with Gasteiger partial charge in [0.05, 0.1) is 24.4 Å². The van der Waals surface area contributed by atoms with Crippen molar-refractivity contribution in [2.75, 3.05) is 13.1 Å². The molecular formula is C11H15N3O3. The maximum atomic E-state index is 10.9. The fraction of sp³-hybridized carbons (Fsp3) is 0.636. The van der Waals surface area contributed by atoms with Gasteiger partial charge in [0.15, 0.2) is 5.69 Å². The van der Waals surface area contributed by atoms with E-state index in [4.69, 9.17) is 9.84 Å². The molecule has 1 aromatic rings. The molecule has 3 heterocycles. The number of carboxylic acid groups (broad SMARTS) is 1. The van der Waals surface area contributed by atoms with Crippen molar-refractivity contribution in [1.82, 2.24) is 15.1 Å². The second-order valence-electron chi connectivity index (χ2n) is 4.71. The second kappa shape index (κ2) is 3.82. The molecule has 0 bridgehead atoms. The highest BCUT2D eigenvalue weighted by molar-refractivity contribution is 5.85. The summed E-state index contributed by atoms with van der Waals surface area (Å²) >= 11 is 0. The summed E-state index contributed by atoms with van der Waals surface area (Å²) in [5, 5.41) is 16.3. The van der Waals surface area contributed by atoms with Gasteiger partial charge in [-0.1, -0.05) is 0 Å². The molecule has 1 spiro atoms. The van der Waals surface area contributed by atoms with E-state index >= 15 is 0 Å². The summed E-state index contributed by atoms with van der Waals surface area (Å²) in [6.45, 7) is 3.02. The van der Waals surface area contributed by atoms with Gasteiger partial charge in [-0.05, 0) is 32.0 Å². The SMILES string of the molecule is O=C(O)c1cc2n(n1)CC1(CCNCC1)OC2. The van der Waals surface area contributed by atoms with E-state index < -0.39 is 5.97 Å². The maximum Gasteiger partial charge on any atom is 0.356 e. The van der Waals surface area contributed by atoms with Crippen molar-refractivity contribution < 1.29 is 14.6 Å². The fourth-order valence-electron chi connectivity index (χ4n) is 2.54. The third kappa shape index (κ3) is 1.83. The standard InChI is InChI=1S/C11H15N3O3/c15-10(16)9-5-8-6-17-11(7-14(8)13-9)1-3-12-4-2-11/h5,12H,1-4,6-7H2,(H,15,16). The molecule has 1 aromatic heterocycles. The lowest BCUT2D eigenvalue weighted by Gasteiger charge is -2.40. The third-order valence-corrected chi connectivity index (χ3v) is 3.56. The van der Waals surface area contributed by atoms with Crippen LogP contribution in [0.4, 0.5) is 0 Å². The number of nitrogens with zero attached hydrogens (tertiary/aromatic N) is 2. The quantitative estimate of drug-likeness (QED) is 0.731. The molecule has 1 fully saturated rings. The van der Waals surface area contributed by atoms with E-state index in [2.05, 4.69) is 10.4 Å². The van der Waals surface area contributed by atoms with Gasteiger partial charge < -0.3 is 15.2 Å². The van der Waals surface area contributed by atoms with Crippen LogP contribution in [-0.4, -0.2) is 39.5 Å². The Bertz CT molecular complexity index is 449. The highest BCUT2D eigenvalue weighted by Gasteiger charge is 2.37. The predicted molar refractivity (Wildman–Crippen MR) is 58.8 cm³/mol. The lowest BCUT2D eigenvalue weighted by atomic mass is 9.91. The van der Waals surface area contributed by atoms with Crippen LogP contribution < -0.4 is 5.32 Å². The molecule has 92 valence electrons. The third-order valence-electron chi connectivity index (χ3n) is 3.56. The van der Waals surface area contributed by atoms with Crippen LogP contribution in [0.15, 0.2) is 6.07 Å². The molecule has 0 unspecified atom stereocenters. The van der Waals surface area contributed by atoms with Crippen LogP contribution in [0.25, 0.3) is 0 Å². The monoisotopic (exact) mass is 237 g/mol. The zero-order valence-electron chi connectivity index (χ0n) is 9.48.